The van der Waals surface area contributed by atoms with Crippen molar-refractivity contribution >= 4 is 0 Å². The van der Waals surface area contributed by atoms with Gasteiger partial charge in [0.2, 0.25) is 0 Å². The lowest BCUT2D eigenvalue weighted by atomic mass is 10.0. The van der Waals surface area contributed by atoms with Crippen LogP contribution < -0.4 is 5.56 Å². The Morgan fingerprint density at radius 1 is 0.857 bits per heavy atom. The first-order valence-corrected chi connectivity index (χ1v) is 8.64. The molecule has 0 unspecified atom stereocenters. The number of H-pyrrole nitrogens is 1. The maximum atomic E-state index is 11.2. The molecule has 1 aromatic rings. The van der Waals surface area contributed by atoms with Crippen molar-refractivity contribution in [3.63, 3.8) is 0 Å². The highest BCUT2D eigenvalue weighted by molar-refractivity contribution is 5.20. The Kier molecular flexibility index (Phi) is 9.68. The first kappa shape index (κ1) is 17.8. The Hall–Kier alpha value is -1.25. The lowest BCUT2D eigenvalue weighted by molar-refractivity contribution is 0.472. The second-order valence-corrected chi connectivity index (χ2v) is 6.01. The summed E-state index contributed by atoms with van der Waals surface area (Å²) in [5.41, 5.74) is 0.629. The number of aryl methyl sites for hydroxylation is 1. The van der Waals surface area contributed by atoms with Crippen LogP contribution in [0.3, 0.4) is 0 Å². The van der Waals surface area contributed by atoms with E-state index in [4.69, 9.17) is 0 Å². The molecule has 0 saturated carbocycles. The fraction of sp³-hybridized carbons (Fsp3) is 0.722. The van der Waals surface area contributed by atoms with E-state index < -0.39 is 0 Å². The largest absolute Gasteiger partial charge is 0.508 e. The minimum atomic E-state index is -0.215. The summed E-state index contributed by atoms with van der Waals surface area (Å²) in [4.78, 5) is 14.0. The average Bonchev–Trinajstić information content (AvgIpc) is 2.44. The van der Waals surface area contributed by atoms with Gasteiger partial charge in [0.25, 0.3) is 5.56 Å². The molecule has 120 valence electrons. The zero-order valence-corrected chi connectivity index (χ0v) is 13.5. The molecule has 0 aliphatic carbocycles. The van der Waals surface area contributed by atoms with Crippen LogP contribution in [0.1, 0.15) is 83.2 Å². The van der Waals surface area contributed by atoms with Gasteiger partial charge in [-0.05, 0) is 18.9 Å². The van der Waals surface area contributed by atoms with Gasteiger partial charge in [0, 0.05) is 11.8 Å². The molecule has 3 heteroatoms. The van der Waals surface area contributed by atoms with E-state index in [2.05, 4.69) is 11.9 Å². The number of rotatable bonds is 12. The van der Waals surface area contributed by atoms with E-state index in [1.54, 1.807) is 6.07 Å². The van der Waals surface area contributed by atoms with E-state index in [-0.39, 0.29) is 11.3 Å². The SMILES string of the molecule is CCCCCCCCCCCCCc1cc(O)cc(=O)[nH]1. The number of hydrogen-bond donors (Lipinski definition) is 2. The molecular formula is C18H31NO2. The Morgan fingerprint density at radius 2 is 1.38 bits per heavy atom. The maximum absolute atomic E-state index is 11.2. The number of aromatic hydroxyl groups is 1. The second kappa shape index (κ2) is 11.4. The van der Waals surface area contributed by atoms with Gasteiger partial charge >= 0.3 is 0 Å². The highest BCUT2D eigenvalue weighted by Gasteiger charge is 1.98. The van der Waals surface area contributed by atoms with Crippen molar-refractivity contribution in [3.8, 4) is 5.75 Å². The number of aromatic amines is 1. The molecule has 1 aromatic heterocycles. The summed E-state index contributed by atoms with van der Waals surface area (Å²) < 4.78 is 0. The number of aromatic nitrogens is 1. The normalized spacial score (nSPS) is 10.9. The van der Waals surface area contributed by atoms with Crippen molar-refractivity contribution in [1.29, 1.82) is 0 Å². The standard InChI is InChI=1S/C18H31NO2/c1-2-3-4-5-6-7-8-9-10-11-12-13-16-14-17(20)15-18(21)19-16/h14-15H,2-13H2,1H3,(H2,19,20,21). The fourth-order valence-corrected chi connectivity index (χ4v) is 2.70. The zero-order chi connectivity index (χ0) is 15.3. The van der Waals surface area contributed by atoms with Gasteiger partial charge in [0.1, 0.15) is 5.75 Å². The molecule has 0 fully saturated rings. The molecule has 0 aliphatic rings. The average molecular weight is 293 g/mol. The maximum Gasteiger partial charge on any atom is 0.251 e. The van der Waals surface area contributed by atoms with Crippen LogP contribution in [0, 0.1) is 0 Å². The quantitative estimate of drug-likeness (QED) is 0.537. The molecule has 1 rings (SSSR count). The molecule has 0 spiro atoms. The van der Waals surface area contributed by atoms with Gasteiger partial charge in [-0.25, -0.2) is 0 Å². The van der Waals surface area contributed by atoms with E-state index in [1.807, 2.05) is 0 Å². The van der Waals surface area contributed by atoms with Crippen molar-refractivity contribution < 1.29 is 5.11 Å². The monoisotopic (exact) mass is 293 g/mol. The third-order valence-corrected chi connectivity index (χ3v) is 3.93. The summed E-state index contributed by atoms with van der Waals surface area (Å²) in [7, 11) is 0. The molecule has 0 bridgehead atoms. The molecule has 21 heavy (non-hydrogen) atoms. The van der Waals surface area contributed by atoms with Crippen LogP contribution in [0.4, 0.5) is 0 Å². The summed E-state index contributed by atoms with van der Waals surface area (Å²) in [6.45, 7) is 2.26. The topological polar surface area (TPSA) is 53.1 Å². The Bertz CT molecular complexity index is 425. The van der Waals surface area contributed by atoms with Gasteiger partial charge in [-0.3, -0.25) is 4.79 Å². The molecule has 0 aliphatic heterocycles. The van der Waals surface area contributed by atoms with E-state index in [0.29, 0.717) is 0 Å². The Morgan fingerprint density at radius 3 is 1.90 bits per heavy atom. The molecule has 0 atom stereocenters. The van der Waals surface area contributed by atoms with Crippen molar-refractivity contribution in [3.05, 3.63) is 28.2 Å². The second-order valence-electron chi connectivity index (χ2n) is 6.01. The van der Waals surface area contributed by atoms with Crippen molar-refractivity contribution in [2.75, 3.05) is 0 Å². The predicted octanol–water partition coefficient (Wildman–Crippen LogP) is 4.93. The molecule has 3 nitrogen and oxygen atoms in total. The summed E-state index contributed by atoms with van der Waals surface area (Å²) in [5, 5.41) is 9.35. The van der Waals surface area contributed by atoms with Gasteiger partial charge < -0.3 is 10.1 Å². The molecule has 1 heterocycles. The summed E-state index contributed by atoms with van der Waals surface area (Å²) in [5.74, 6) is 0.0665. The Labute approximate surface area is 128 Å². The number of nitrogens with one attached hydrogen (secondary N) is 1. The molecule has 0 amide bonds. The fourth-order valence-electron chi connectivity index (χ4n) is 2.70. The number of unbranched alkanes of at least 4 members (excludes halogenated alkanes) is 10. The smallest absolute Gasteiger partial charge is 0.251 e. The number of hydrogen-bond acceptors (Lipinski definition) is 2. The third kappa shape index (κ3) is 9.33. The first-order chi connectivity index (χ1) is 10.2. The molecule has 2 N–H and O–H groups in total. The molecular weight excluding hydrogens is 262 g/mol. The lowest BCUT2D eigenvalue weighted by Crippen LogP contribution is -2.06. The summed E-state index contributed by atoms with van der Waals surface area (Å²) in [6, 6.07) is 2.86. The summed E-state index contributed by atoms with van der Waals surface area (Å²) in [6.07, 6.45) is 15.4. The van der Waals surface area contributed by atoms with E-state index in [0.717, 1.165) is 18.5 Å². The highest BCUT2D eigenvalue weighted by Crippen LogP contribution is 2.13. The van der Waals surface area contributed by atoms with Crippen LogP contribution in [-0.4, -0.2) is 10.1 Å². The molecule has 0 radical (unpaired) electrons. The summed E-state index contributed by atoms with van der Waals surface area (Å²) >= 11 is 0. The van der Waals surface area contributed by atoms with E-state index >= 15 is 0 Å². The first-order valence-electron chi connectivity index (χ1n) is 8.64. The molecule has 0 saturated heterocycles. The van der Waals surface area contributed by atoms with Crippen LogP contribution in [0.2, 0.25) is 0 Å². The minimum absolute atomic E-state index is 0.0665. The van der Waals surface area contributed by atoms with Gasteiger partial charge in [0.15, 0.2) is 0 Å². The van der Waals surface area contributed by atoms with Gasteiger partial charge in [-0.2, -0.15) is 0 Å². The van der Waals surface area contributed by atoms with E-state index in [9.17, 15) is 9.90 Å². The van der Waals surface area contributed by atoms with Gasteiger partial charge in [0.05, 0.1) is 0 Å². The van der Waals surface area contributed by atoms with Gasteiger partial charge in [-0.15, -0.1) is 0 Å². The lowest BCUT2D eigenvalue weighted by Gasteiger charge is -2.03. The van der Waals surface area contributed by atoms with E-state index in [1.165, 1.54) is 70.3 Å². The van der Waals surface area contributed by atoms with Crippen LogP contribution >= 0.6 is 0 Å². The third-order valence-electron chi connectivity index (χ3n) is 3.93. The van der Waals surface area contributed by atoms with Crippen LogP contribution in [0.5, 0.6) is 5.75 Å². The highest BCUT2D eigenvalue weighted by atomic mass is 16.3. The van der Waals surface area contributed by atoms with Crippen molar-refractivity contribution in [2.45, 2.75) is 84.0 Å². The zero-order valence-electron chi connectivity index (χ0n) is 13.5. The van der Waals surface area contributed by atoms with Crippen LogP contribution in [0.15, 0.2) is 16.9 Å². The predicted molar refractivity (Wildman–Crippen MR) is 88.9 cm³/mol. The Balaban J connectivity index is 1.94. The molecule has 0 aromatic carbocycles. The minimum Gasteiger partial charge on any atom is -0.508 e. The van der Waals surface area contributed by atoms with Crippen LogP contribution in [0.25, 0.3) is 0 Å². The van der Waals surface area contributed by atoms with Crippen molar-refractivity contribution in [2.24, 2.45) is 0 Å². The number of pyridine rings is 1. The van der Waals surface area contributed by atoms with Crippen molar-refractivity contribution in [1.82, 2.24) is 4.98 Å². The van der Waals surface area contributed by atoms with Crippen LogP contribution in [-0.2, 0) is 6.42 Å². The van der Waals surface area contributed by atoms with Gasteiger partial charge in [-0.1, -0.05) is 71.1 Å².